The van der Waals surface area contributed by atoms with Crippen molar-refractivity contribution >= 4 is 20.8 Å². The Morgan fingerprint density at radius 2 is 1.73 bits per heavy atom. The Morgan fingerprint density at radius 3 is 2.36 bits per heavy atom. The average Bonchev–Trinajstić information content (AvgIpc) is 2.44. The van der Waals surface area contributed by atoms with Gasteiger partial charge in [-0.15, -0.1) is 0 Å². The van der Waals surface area contributed by atoms with Crippen LogP contribution in [0.3, 0.4) is 0 Å². The summed E-state index contributed by atoms with van der Waals surface area (Å²) >= 11 is 0. The topological polar surface area (TPSA) is 40.6 Å². The van der Waals surface area contributed by atoms with Gasteiger partial charge in [0.25, 0.3) is 0 Å². The monoisotopic (exact) mass is 320 g/mol. The molecule has 0 N–H and O–H groups in total. The molecule has 0 spiro atoms. The van der Waals surface area contributed by atoms with E-state index in [1.807, 2.05) is 18.2 Å². The zero-order valence-corrected chi connectivity index (χ0v) is 14.5. The predicted octanol–water partition coefficient (Wildman–Crippen LogP) is 2.34. The molecule has 22 heavy (non-hydrogen) atoms. The highest BCUT2D eigenvalue weighted by Gasteiger charge is 2.15. The Hall–Kier alpha value is -1.43. The first-order chi connectivity index (χ1) is 10.3. The van der Waals surface area contributed by atoms with Crippen molar-refractivity contribution in [3.05, 3.63) is 47.5 Å². The van der Waals surface area contributed by atoms with Gasteiger partial charge in [-0.05, 0) is 48.5 Å². The minimum atomic E-state index is -3.23. The van der Waals surface area contributed by atoms with E-state index in [0.717, 1.165) is 29.3 Å². The second kappa shape index (κ2) is 6.77. The second-order valence-corrected chi connectivity index (χ2v) is 8.25. The van der Waals surface area contributed by atoms with Crippen molar-refractivity contribution in [3.8, 4) is 0 Å². The molecule has 2 aromatic carbocycles. The Bertz CT molecular complexity index is 752. The van der Waals surface area contributed by atoms with E-state index in [0.29, 0.717) is 0 Å². The highest BCUT2D eigenvalue weighted by atomic mass is 32.2. The van der Waals surface area contributed by atoms with Gasteiger partial charge in [0.05, 0.1) is 5.75 Å². The average molecular weight is 320 g/mol. The molecule has 0 aliphatic heterocycles. The molecule has 4 nitrogen and oxygen atoms in total. The maximum Gasteiger partial charge on any atom is 0.217 e. The molecule has 0 heterocycles. The summed E-state index contributed by atoms with van der Waals surface area (Å²) in [6, 6.07) is 12.2. The molecule has 0 bridgehead atoms. The molecule has 0 saturated heterocycles. The first-order valence-corrected chi connectivity index (χ1v) is 8.96. The minimum absolute atomic E-state index is 0.0396. The smallest absolute Gasteiger partial charge is 0.217 e. The van der Waals surface area contributed by atoms with Gasteiger partial charge in [-0.2, -0.15) is 0 Å². The molecule has 0 fully saturated rings. The van der Waals surface area contributed by atoms with Gasteiger partial charge < -0.3 is 4.90 Å². The van der Waals surface area contributed by atoms with Crippen LogP contribution in [-0.4, -0.2) is 52.4 Å². The number of rotatable bonds is 6. The Kier molecular flexibility index (Phi) is 5.21. The third kappa shape index (κ3) is 4.06. The molecule has 0 atom stereocenters. The lowest BCUT2D eigenvalue weighted by Gasteiger charge is -2.14. The molecule has 5 heteroatoms. The molecule has 2 aromatic rings. The van der Waals surface area contributed by atoms with Crippen LogP contribution in [0, 0.1) is 0 Å². The summed E-state index contributed by atoms with van der Waals surface area (Å²) < 4.78 is 25.4. The number of fused-ring (bicyclic) bond motifs is 1. The first-order valence-electron chi connectivity index (χ1n) is 7.35. The van der Waals surface area contributed by atoms with Crippen molar-refractivity contribution in [2.45, 2.75) is 12.2 Å². The van der Waals surface area contributed by atoms with Crippen LogP contribution >= 0.6 is 0 Å². The zero-order valence-electron chi connectivity index (χ0n) is 13.7. The highest BCUT2D eigenvalue weighted by molar-refractivity contribution is 7.88. The van der Waals surface area contributed by atoms with Gasteiger partial charge in [0.2, 0.25) is 10.0 Å². The van der Waals surface area contributed by atoms with E-state index >= 15 is 0 Å². The number of hydrogen-bond donors (Lipinski definition) is 0. The van der Waals surface area contributed by atoms with Crippen molar-refractivity contribution in [2.75, 3.05) is 34.7 Å². The SMILES string of the molecule is CN(C)CCc1cccc2ccc(CS(=O)(=O)N(C)C)cc12. The lowest BCUT2D eigenvalue weighted by Crippen LogP contribution is -2.23. The summed E-state index contributed by atoms with van der Waals surface area (Å²) in [7, 11) is 4.01. The fourth-order valence-corrected chi connectivity index (χ4v) is 3.24. The van der Waals surface area contributed by atoms with Gasteiger partial charge >= 0.3 is 0 Å². The Balaban J connectivity index is 2.38. The lowest BCUT2D eigenvalue weighted by atomic mass is 10.0. The Labute approximate surface area is 133 Å². The normalized spacial score (nSPS) is 12.5. The number of nitrogens with zero attached hydrogens (tertiary/aromatic N) is 2. The highest BCUT2D eigenvalue weighted by Crippen LogP contribution is 2.22. The number of likely N-dealkylation sites (N-methyl/N-ethyl adjacent to an activating group) is 1. The van der Waals surface area contributed by atoms with Crippen molar-refractivity contribution in [1.29, 1.82) is 0 Å². The van der Waals surface area contributed by atoms with E-state index in [1.54, 1.807) is 14.1 Å². The summed E-state index contributed by atoms with van der Waals surface area (Å²) in [5.74, 6) is 0.0396. The van der Waals surface area contributed by atoms with Crippen molar-refractivity contribution < 1.29 is 8.42 Å². The van der Waals surface area contributed by atoms with Crippen LogP contribution in [-0.2, 0) is 22.2 Å². The molecule has 0 radical (unpaired) electrons. The molecular formula is C17H24N2O2S. The van der Waals surface area contributed by atoms with E-state index in [4.69, 9.17) is 0 Å². The van der Waals surface area contributed by atoms with E-state index in [-0.39, 0.29) is 5.75 Å². The summed E-state index contributed by atoms with van der Waals surface area (Å²) in [5.41, 5.74) is 2.09. The molecule has 0 aromatic heterocycles. The molecule has 0 aliphatic rings. The third-order valence-electron chi connectivity index (χ3n) is 3.77. The molecule has 120 valence electrons. The summed E-state index contributed by atoms with van der Waals surface area (Å²) in [5, 5.41) is 2.30. The molecule has 2 rings (SSSR count). The quantitative estimate of drug-likeness (QED) is 0.820. The maximum atomic E-state index is 12.1. The molecular weight excluding hydrogens is 296 g/mol. The van der Waals surface area contributed by atoms with Crippen molar-refractivity contribution in [3.63, 3.8) is 0 Å². The minimum Gasteiger partial charge on any atom is -0.309 e. The fraction of sp³-hybridized carbons (Fsp3) is 0.412. The van der Waals surface area contributed by atoms with Crippen LogP contribution in [0.1, 0.15) is 11.1 Å². The van der Waals surface area contributed by atoms with E-state index in [2.05, 4.69) is 37.2 Å². The van der Waals surface area contributed by atoms with Gasteiger partial charge in [0.15, 0.2) is 0 Å². The van der Waals surface area contributed by atoms with Crippen LogP contribution in [0.5, 0.6) is 0 Å². The zero-order chi connectivity index (χ0) is 16.3. The second-order valence-electron chi connectivity index (χ2n) is 6.06. The Morgan fingerprint density at radius 1 is 1.00 bits per heavy atom. The molecule has 0 amide bonds. The van der Waals surface area contributed by atoms with Crippen LogP contribution in [0.4, 0.5) is 0 Å². The molecule has 0 unspecified atom stereocenters. The van der Waals surface area contributed by atoms with Gasteiger partial charge in [-0.25, -0.2) is 12.7 Å². The number of sulfonamides is 1. The number of benzene rings is 2. The van der Waals surface area contributed by atoms with Crippen molar-refractivity contribution in [2.24, 2.45) is 0 Å². The third-order valence-corrected chi connectivity index (χ3v) is 5.58. The van der Waals surface area contributed by atoms with Crippen molar-refractivity contribution in [1.82, 2.24) is 9.21 Å². The van der Waals surface area contributed by atoms with E-state index in [9.17, 15) is 8.42 Å². The summed E-state index contributed by atoms with van der Waals surface area (Å²) in [6.45, 7) is 0.972. The van der Waals surface area contributed by atoms with Crippen LogP contribution in [0.15, 0.2) is 36.4 Å². The first kappa shape index (κ1) is 16.9. The van der Waals surface area contributed by atoms with Crippen LogP contribution < -0.4 is 0 Å². The fourth-order valence-electron chi connectivity index (χ4n) is 2.38. The standard InChI is InChI=1S/C17H24N2O2S/c1-18(2)11-10-16-7-5-6-15-9-8-14(12-17(15)16)13-22(20,21)19(3)4/h5-9,12H,10-11,13H2,1-4H3. The maximum absolute atomic E-state index is 12.1. The van der Waals surface area contributed by atoms with Gasteiger partial charge in [-0.3, -0.25) is 0 Å². The lowest BCUT2D eigenvalue weighted by molar-refractivity contribution is 0.414. The van der Waals surface area contributed by atoms with Gasteiger partial charge in [-0.1, -0.05) is 30.3 Å². The molecule has 0 aliphatic carbocycles. The van der Waals surface area contributed by atoms with Crippen LogP contribution in [0.2, 0.25) is 0 Å². The predicted molar refractivity (Wildman–Crippen MR) is 92.5 cm³/mol. The van der Waals surface area contributed by atoms with Gasteiger partial charge in [0.1, 0.15) is 0 Å². The summed E-state index contributed by atoms with van der Waals surface area (Å²) in [4.78, 5) is 2.15. The van der Waals surface area contributed by atoms with Crippen LogP contribution in [0.25, 0.3) is 10.8 Å². The largest absolute Gasteiger partial charge is 0.309 e. The van der Waals surface area contributed by atoms with E-state index < -0.39 is 10.0 Å². The van der Waals surface area contributed by atoms with E-state index in [1.165, 1.54) is 9.87 Å². The summed E-state index contributed by atoms with van der Waals surface area (Å²) in [6.07, 6.45) is 0.953. The van der Waals surface area contributed by atoms with Gasteiger partial charge in [0, 0.05) is 20.6 Å². The molecule has 0 saturated carbocycles. The number of hydrogen-bond acceptors (Lipinski definition) is 3.